The second kappa shape index (κ2) is 4.45. The standard InChI is InChI=1S/C10H20INO/c1-10(2,3)12-5-4-8(6-11)9(13)7-12/h8-9,13H,4-7H2,1-3H3. The van der Waals surface area contributed by atoms with Crippen LogP contribution in [-0.4, -0.2) is 39.2 Å². The monoisotopic (exact) mass is 297 g/mol. The van der Waals surface area contributed by atoms with E-state index in [0.717, 1.165) is 23.9 Å². The van der Waals surface area contributed by atoms with E-state index in [-0.39, 0.29) is 11.6 Å². The number of piperidine rings is 1. The molecule has 1 aliphatic heterocycles. The fourth-order valence-electron chi connectivity index (χ4n) is 1.77. The SMILES string of the molecule is CC(C)(C)N1CCC(CI)C(O)C1. The Morgan fingerprint density at radius 2 is 2.08 bits per heavy atom. The van der Waals surface area contributed by atoms with Crippen molar-refractivity contribution in [3.63, 3.8) is 0 Å². The minimum absolute atomic E-state index is 0.120. The second-order valence-corrected chi connectivity index (χ2v) is 5.77. The topological polar surface area (TPSA) is 23.5 Å². The van der Waals surface area contributed by atoms with E-state index in [1.165, 1.54) is 0 Å². The molecule has 0 amide bonds. The number of rotatable bonds is 1. The highest BCUT2D eigenvalue weighted by atomic mass is 127. The lowest BCUT2D eigenvalue weighted by atomic mass is 9.92. The van der Waals surface area contributed by atoms with Gasteiger partial charge in [-0.3, -0.25) is 4.90 Å². The molecule has 0 radical (unpaired) electrons. The van der Waals surface area contributed by atoms with Crippen molar-refractivity contribution in [2.45, 2.75) is 38.8 Å². The van der Waals surface area contributed by atoms with E-state index in [4.69, 9.17) is 0 Å². The molecule has 1 fully saturated rings. The number of nitrogens with zero attached hydrogens (tertiary/aromatic N) is 1. The Labute approximate surface area is 94.8 Å². The van der Waals surface area contributed by atoms with Crippen LogP contribution in [0.25, 0.3) is 0 Å². The van der Waals surface area contributed by atoms with E-state index in [0.29, 0.717) is 5.92 Å². The highest BCUT2D eigenvalue weighted by Crippen LogP contribution is 2.25. The van der Waals surface area contributed by atoms with Gasteiger partial charge in [-0.1, -0.05) is 22.6 Å². The lowest BCUT2D eigenvalue weighted by Gasteiger charge is -2.42. The molecule has 0 aromatic carbocycles. The number of β-amino-alcohol motifs (C(OH)–C–C–N with tert-alkyl or cyclic N) is 1. The van der Waals surface area contributed by atoms with Crippen molar-refractivity contribution in [1.29, 1.82) is 0 Å². The Morgan fingerprint density at radius 1 is 1.46 bits per heavy atom. The van der Waals surface area contributed by atoms with Crippen LogP contribution in [0, 0.1) is 5.92 Å². The predicted octanol–water partition coefficient (Wildman–Crippen LogP) is 1.90. The number of hydrogen-bond acceptors (Lipinski definition) is 2. The van der Waals surface area contributed by atoms with Crippen LogP contribution >= 0.6 is 22.6 Å². The molecular weight excluding hydrogens is 277 g/mol. The fourth-order valence-corrected chi connectivity index (χ4v) is 2.80. The Hall–Kier alpha value is 0.650. The van der Waals surface area contributed by atoms with Crippen molar-refractivity contribution < 1.29 is 5.11 Å². The van der Waals surface area contributed by atoms with Gasteiger partial charge in [0, 0.05) is 16.5 Å². The normalized spacial score (nSPS) is 32.1. The summed E-state index contributed by atoms with van der Waals surface area (Å²) in [5, 5.41) is 9.86. The first kappa shape index (κ1) is 11.7. The maximum Gasteiger partial charge on any atom is 0.0703 e. The summed E-state index contributed by atoms with van der Waals surface area (Å²) < 4.78 is 1.08. The molecule has 1 N–H and O–H groups in total. The molecule has 2 unspecified atom stereocenters. The van der Waals surface area contributed by atoms with Gasteiger partial charge in [0.15, 0.2) is 0 Å². The lowest BCUT2D eigenvalue weighted by Crippen LogP contribution is -2.52. The van der Waals surface area contributed by atoms with Crippen molar-refractivity contribution in [2.75, 3.05) is 17.5 Å². The van der Waals surface area contributed by atoms with Gasteiger partial charge in [-0.15, -0.1) is 0 Å². The van der Waals surface area contributed by atoms with Gasteiger partial charge in [-0.2, -0.15) is 0 Å². The largest absolute Gasteiger partial charge is 0.391 e. The minimum Gasteiger partial charge on any atom is -0.391 e. The number of halogens is 1. The third-order valence-electron chi connectivity index (χ3n) is 2.87. The summed E-state index contributed by atoms with van der Waals surface area (Å²) in [6.45, 7) is 8.61. The van der Waals surface area contributed by atoms with Crippen molar-refractivity contribution in [3.8, 4) is 0 Å². The molecular formula is C10H20INO. The lowest BCUT2D eigenvalue weighted by molar-refractivity contribution is -0.00688. The van der Waals surface area contributed by atoms with Crippen LogP contribution in [0.5, 0.6) is 0 Å². The van der Waals surface area contributed by atoms with Gasteiger partial charge < -0.3 is 5.11 Å². The van der Waals surface area contributed by atoms with Gasteiger partial charge in [-0.25, -0.2) is 0 Å². The molecule has 0 bridgehead atoms. The fraction of sp³-hybridized carbons (Fsp3) is 1.00. The highest BCUT2D eigenvalue weighted by Gasteiger charge is 2.31. The summed E-state index contributed by atoms with van der Waals surface area (Å²) in [5.41, 5.74) is 0.206. The van der Waals surface area contributed by atoms with Gasteiger partial charge in [0.2, 0.25) is 0 Å². The zero-order valence-electron chi connectivity index (χ0n) is 8.76. The summed E-state index contributed by atoms with van der Waals surface area (Å²) in [4.78, 5) is 2.38. The van der Waals surface area contributed by atoms with E-state index >= 15 is 0 Å². The molecule has 0 aliphatic carbocycles. The van der Waals surface area contributed by atoms with Crippen LogP contribution in [0.15, 0.2) is 0 Å². The Balaban J connectivity index is 2.51. The quantitative estimate of drug-likeness (QED) is 0.590. The number of hydrogen-bond donors (Lipinski definition) is 1. The number of alkyl halides is 1. The third kappa shape index (κ3) is 3.06. The van der Waals surface area contributed by atoms with E-state index in [9.17, 15) is 5.11 Å². The van der Waals surface area contributed by atoms with E-state index in [1.54, 1.807) is 0 Å². The molecule has 0 spiro atoms. The molecule has 0 saturated carbocycles. The van der Waals surface area contributed by atoms with Crippen LogP contribution in [0.2, 0.25) is 0 Å². The van der Waals surface area contributed by atoms with Gasteiger partial charge in [0.1, 0.15) is 0 Å². The predicted molar refractivity (Wildman–Crippen MR) is 64.3 cm³/mol. The first-order valence-corrected chi connectivity index (χ1v) is 6.47. The molecule has 1 rings (SSSR count). The average molecular weight is 297 g/mol. The smallest absolute Gasteiger partial charge is 0.0703 e. The number of aliphatic hydroxyl groups excluding tert-OH is 1. The first-order chi connectivity index (χ1) is 5.95. The minimum atomic E-state index is -0.120. The summed E-state index contributed by atoms with van der Waals surface area (Å²) in [5.74, 6) is 0.513. The second-order valence-electron chi connectivity index (χ2n) is 4.89. The molecule has 13 heavy (non-hydrogen) atoms. The van der Waals surface area contributed by atoms with Gasteiger partial charge in [0.25, 0.3) is 0 Å². The van der Waals surface area contributed by atoms with Crippen molar-refractivity contribution >= 4 is 22.6 Å². The molecule has 1 aliphatic rings. The van der Waals surface area contributed by atoms with Crippen LogP contribution < -0.4 is 0 Å². The molecule has 1 saturated heterocycles. The van der Waals surface area contributed by atoms with E-state index in [2.05, 4.69) is 48.3 Å². The van der Waals surface area contributed by atoms with Crippen LogP contribution in [0.1, 0.15) is 27.2 Å². The summed E-state index contributed by atoms with van der Waals surface area (Å²) in [6, 6.07) is 0. The molecule has 0 aromatic heterocycles. The maximum absolute atomic E-state index is 9.86. The van der Waals surface area contributed by atoms with Crippen molar-refractivity contribution in [1.82, 2.24) is 4.90 Å². The Kier molecular flexibility index (Phi) is 4.01. The van der Waals surface area contributed by atoms with Crippen molar-refractivity contribution in [2.24, 2.45) is 5.92 Å². The number of likely N-dealkylation sites (tertiary alicyclic amines) is 1. The maximum atomic E-state index is 9.86. The van der Waals surface area contributed by atoms with E-state index in [1.807, 2.05) is 0 Å². The van der Waals surface area contributed by atoms with Crippen LogP contribution in [0.4, 0.5) is 0 Å². The molecule has 2 atom stereocenters. The molecule has 1 heterocycles. The van der Waals surface area contributed by atoms with Gasteiger partial charge in [-0.05, 0) is 39.7 Å². The summed E-state index contributed by atoms with van der Waals surface area (Å²) in [6.07, 6.45) is 1.02. The van der Waals surface area contributed by atoms with Crippen molar-refractivity contribution in [3.05, 3.63) is 0 Å². The number of aliphatic hydroxyl groups is 1. The average Bonchev–Trinajstić information content (AvgIpc) is 2.02. The summed E-state index contributed by atoms with van der Waals surface area (Å²) in [7, 11) is 0. The molecule has 0 aromatic rings. The molecule has 2 nitrogen and oxygen atoms in total. The van der Waals surface area contributed by atoms with Gasteiger partial charge >= 0.3 is 0 Å². The van der Waals surface area contributed by atoms with Crippen LogP contribution in [-0.2, 0) is 0 Å². The van der Waals surface area contributed by atoms with Gasteiger partial charge in [0.05, 0.1) is 6.10 Å². The van der Waals surface area contributed by atoms with E-state index < -0.39 is 0 Å². The zero-order chi connectivity index (χ0) is 10.1. The first-order valence-electron chi connectivity index (χ1n) is 4.94. The van der Waals surface area contributed by atoms with Crippen LogP contribution in [0.3, 0.4) is 0 Å². The molecule has 78 valence electrons. The third-order valence-corrected chi connectivity index (χ3v) is 4.00. The summed E-state index contributed by atoms with van der Waals surface area (Å²) >= 11 is 2.37. The molecule has 3 heteroatoms. The zero-order valence-corrected chi connectivity index (χ0v) is 10.9. The Bertz CT molecular complexity index is 167. The highest BCUT2D eigenvalue weighted by molar-refractivity contribution is 14.1. The Morgan fingerprint density at radius 3 is 2.46 bits per heavy atom.